The number of urea groups is 1. The van der Waals surface area contributed by atoms with Gasteiger partial charge in [0.05, 0.1) is 5.69 Å². The highest BCUT2D eigenvalue weighted by Gasteiger charge is 2.08. The van der Waals surface area contributed by atoms with E-state index in [4.69, 9.17) is 0 Å². The van der Waals surface area contributed by atoms with Gasteiger partial charge in [-0.1, -0.05) is 42.5 Å². The fourth-order valence-corrected chi connectivity index (χ4v) is 3.26. The highest BCUT2D eigenvalue weighted by atomic mass is 16.3. The minimum atomic E-state index is -0.276. The van der Waals surface area contributed by atoms with Crippen LogP contribution in [0.1, 0.15) is 34.6 Å². The molecule has 31 heavy (non-hydrogen) atoms. The van der Waals surface area contributed by atoms with Crippen LogP contribution in [0, 0.1) is 6.92 Å². The summed E-state index contributed by atoms with van der Waals surface area (Å²) >= 11 is 0. The monoisotopic (exact) mass is 420 g/mol. The van der Waals surface area contributed by atoms with Gasteiger partial charge in [0.15, 0.2) is 0 Å². The lowest BCUT2D eigenvalue weighted by Gasteiger charge is -2.09. The maximum absolute atomic E-state index is 12.4. The van der Waals surface area contributed by atoms with Crippen molar-refractivity contribution in [1.82, 2.24) is 20.6 Å². The van der Waals surface area contributed by atoms with Gasteiger partial charge in [-0.05, 0) is 55.9 Å². The van der Waals surface area contributed by atoms with Crippen LogP contribution in [0.25, 0.3) is 0 Å². The molecule has 2 amide bonds. The largest absolute Gasteiger partial charge is 0.508 e. The van der Waals surface area contributed by atoms with Crippen LogP contribution in [-0.4, -0.2) is 27.7 Å². The molecule has 0 spiro atoms. The van der Waals surface area contributed by atoms with Gasteiger partial charge in [-0.15, -0.1) is 0 Å². The minimum absolute atomic E-state index is 0.162. The van der Waals surface area contributed by atoms with Crippen molar-refractivity contribution in [3.63, 3.8) is 0 Å². The van der Waals surface area contributed by atoms with Gasteiger partial charge >= 0.3 is 6.03 Å². The second kappa shape index (κ2) is 11.0. The molecule has 0 fully saturated rings. The molecule has 7 nitrogen and oxygen atoms in total. The second-order valence-corrected chi connectivity index (χ2v) is 7.44. The third-order valence-corrected chi connectivity index (χ3v) is 5.04. The second-order valence-electron chi connectivity index (χ2n) is 7.44. The summed E-state index contributed by atoms with van der Waals surface area (Å²) in [6.45, 7) is 2.73. The van der Waals surface area contributed by atoms with Crippen molar-refractivity contribution >= 4 is 6.03 Å². The highest BCUT2D eigenvalue weighted by molar-refractivity contribution is 5.73. The lowest BCUT2D eigenvalue weighted by molar-refractivity contribution is 0.240. The number of phenolic OH excluding ortho intramolecular Hbond substituents is 1. The molecule has 1 aromatic heterocycles. The molecule has 0 saturated carbocycles. The number of hydrogen-bond acceptors (Lipinski definition) is 4. The quantitative estimate of drug-likeness (QED) is 0.399. The first kappa shape index (κ1) is 22.1. The topological polar surface area (TPSA) is 107 Å². The number of carbonyl (C=O) groups excluding carboxylic acids is 1. The maximum Gasteiger partial charge on any atom is 0.315 e. The molecule has 3 aromatic rings. The number of nitrogens with zero attached hydrogens (tertiary/aromatic N) is 1. The molecule has 2 aromatic carbocycles. The normalized spacial score (nSPS) is 10.6. The Labute approximate surface area is 181 Å². The lowest BCUT2D eigenvalue weighted by atomic mass is 10.1. The summed E-state index contributed by atoms with van der Waals surface area (Å²) in [6.07, 6.45) is 2.70. The molecule has 0 atom stereocenters. The van der Waals surface area contributed by atoms with E-state index in [0.717, 1.165) is 29.8 Å². The molecule has 0 aliphatic carbocycles. The summed E-state index contributed by atoms with van der Waals surface area (Å²) in [6, 6.07) is 16.5. The van der Waals surface area contributed by atoms with Crippen molar-refractivity contribution in [2.24, 2.45) is 0 Å². The first-order valence-electron chi connectivity index (χ1n) is 10.4. The smallest absolute Gasteiger partial charge is 0.315 e. The van der Waals surface area contributed by atoms with E-state index < -0.39 is 0 Å². The van der Waals surface area contributed by atoms with Gasteiger partial charge in [-0.2, -0.15) is 0 Å². The highest BCUT2D eigenvalue weighted by Crippen LogP contribution is 2.09. The van der Waals surface area contributed by atoms with Crippen LogP contribution in [0.5, 0.6) is 5.75 Å². The van der Waals surface area contributed by atoms with Crippen molar-refractivity contribution in [3.8, 4) is 5.75 Å². The van der Waals surface area contributed by atoms with Crippen molar-refractivity contribution in [1.29, 1.82) is 0 Å². The van der Waals surface area contributed by atoms with Crippen LogP contribution >= 0.6 is 0 Å². The summed E-state index contributed by atoms with van der Waals surface area (Å²) in [7, 11) is 0. The molecule has 0 aliphatic heterocycles. The molecule has 4 N–H and O–H groups in total. The predicted molar refractivity (Wildman–Crippen MR) is 120 cm³/mol. The van der Waals surface area contributed by atoms with E-state index >= 15 is 0 Å². The van der Waals surface area contributed by atoms with E-state index in [9.17, 15) is 14.7 Å². The predicted octanol–water partition coefficient (Wildman–Crippen LogP) is 3.00. The van der Waals surface area contributed by atoms with Gasteiger partial charge in [0, 0.05) is 18.8 Å². The van der Waals surface area contributed by atoms with Crippen molar-refractivity contribution in [2.45, 2.75) is 39.2 Å². The molecular weight excluding hydrogens is 392 g/mol. The number of amides is 2. The Hall–Kier alpha value is -3.61. The molecule has 7 heteroatoms. The fraction of sp³-hybridized carbons (Fsp3) is 0.292. The third kappa shape index (κ3) is 6.99. The van der Waals surface area contributed by atoms with Gasteiger partial charge in [-0.25, -0.2) is 4.79 Å². The summed E-state index contributed by atoms with van der Waals surface area (Å²) in [5.74, 6) is 0.191. The van der Waals surface area contributed by atoms with E-state index in [1.165, 1.54) is 5.56 Å². The number of hydrogen-bond donors (Lipinski definition) is 4. The SMILES string of the molecule is Cc1nc(CCCNC(=O)NCc2ccc(O)cc2)c(=O)[nH]c1CCc1ccccc1. The minimum Gasteiger partial charge on any atom is -0.508 e. The van der Waals surface area contributed by atoms with Gasteiger partial charge in [0.25, 0.3) is 5.56 Å². The van der Waals surface area contributed by atoms with E-state index in [1.54, 1.807) is 24.3 Å². The number of aryl methyl sites for hydroxylation is 4. The molecule has 0 bridgehead atoms. The molecule has 0 unspecified atom stereocenters. The summed E-state index contributed by atoms with van der Waals surface area (Å²) in [4.78, 5) is 31.7. The molecular formula is C24H28N4O3. The Balaban J connectivity index is 1.41. The number of aromatic hydroxyl groups is 1. The Morgan fingerprint density at radius 3 is 2.45 bits per heavy atom. The van der Waals surface area contributed by atoms with Crippen molar-refractivity contribution < 1.29 is 9.90 Å². The maximum atomic E-state index is 12.4. The van der Waals surface area contributed by atoms with E-state index in [0.29, 0.717) is 31.6 Å². The number of benzene rings is 2. The van der Waals surface area contributed by atoms with E-state index in [2.05, 4.69) is 32.7 Å². The first-order chi connectivity index (χ1) is 15.0. The number of rotatable bonds is 9. The Morgan fingerprint density at radius 1 is 0.968 bits per heavy atom. The van der Waals surface area contributed by atoms with Crippen LogP contribution < -0.4 is 16.2 Å². The van der Waals surface area contributed by atoms with Gasteiger partial charge in [-0.3, -0.25) is 9.78 Å². The molecule has 162 valence electrons. The van der Waals surface area contributed by atoms with E-state index in [1.807, 2.05) is 25.1 Å². The van der Waals surface area contributed by atoms with Crippen LogP contribution in [0.15, 0.2) is 59.4 Å². The average Bonchev–Trinajstić information content (AvgIpc) is 2.78. The van der Waals surface area contributed by atoms with Crippen LogP contribution in [0.2, 0.25) is 0 Å². The number of phenols is 1. The number of H-pyrrole nitrogens is 1. The van der Waals surface area contributed by atoms with Crippen molar-refractivity contribution in [2.75, 3.05) is 6.54 Å². The standard InChI is InChI=1S/C24H28N4O3/c1-17-21(14-11-18-6-3-2-4-7-18)28-23(30)22(27-17)8-5-15-25-24(31)26-16-19-9-12-20(29)13-10-19/h2-4,6-7,9-10,12-13,29H,5,8,11,14-16H2,1H3,(H,28,30)(H2,25,26,31). The zero-order chi connectivity index (χ0) is 22.1. The Kier molecular flexibility index (Phi) is 7.81. The number of aromatic nitrogens is 2. The number of carbonyl (C=O) groups is 1. The summed E-state index contributed by atoms with van der Waals surface area (Å²) in [5.41, 5.74) is 4.15. The van der Waals surface area contributed by atoms with Gasteiger partial charge in [0.1, 0.15) is 11.4 Å². The average molecular weight is 421 g/mol. The molecule has 0 aliphatic rings. The fourth-order valence-electron chi connectivity index (χ4n) is 3.26. The Morgan fingerprint density at radius 2 is 1.71 bits per heavy atom. The molecule has 0 radical (unpaired) electrons. The van der Waals surface area contributed by atoms with E-state index in [-0.39, 0.29) is 17.3 Å². The van der Waals surface area contributed by atoms with Crippen LogP contribution in [-0.2, 0) is 25.8 Å². The molecule has 3 rings (SSSR count). The van der Waals surface area contributed by atoms with Crippen molar-refractivity contribution in [3.05, 3.63) is 93.2 Å². The van der Waals surface area contributed by atoms with Crippen LogP contribution in [0.4, 0.5) is 4.79 Å². The number of aromatic amines is 1. The molecule has 0 saturated heterocycles. The van der Waals surface area contributed by atoms with Gasteiger partial charge in [0.2, 0.25) is 0 Å². The zero-order valence-corrected chi connectivity index (χ0v) is 17.6. The van der Waals surface area contributed by atoms with Gasteiger partial charge < -0.3 is 20.7 Å². The first-order valence-corrected chi connectivity index (χ1v) is 10.4. The zero-order valence-electron chi connectivity index (χ0n) is 17.6. The summed E-state index contributed by atoms with van der Waals surface area (Å²) in [5, 5.41) is 14.8. The third-order valence-electron chi connectivity index (χ3n) is 5.04. The Bertz CT molecular complexity index is 1050. The van der Waals surface area contributed by atoms with Crippen LogP contribution in [0.3, 0.4) is 0 Å². The number of nitrogens with one attached hydrogen (secondary N) is 3. The summed E-state index contributed by atoms with van der Waals surface area (Å²) < 4.78 is 0. The lowest BCUT2D eigenvalue weighted by Crippen LogP contribution is -2.35. The molecule has 1 heterocycles.